The number of esters is 1. The van der Waals surface area contributed by atoms with Crippen LogP contribution in [0.15, 0.2) is 11.6 Å². The van der Waals surface area contributed by atoms with Crippen LogP contribution in [-0.2, 0) is 19.1 Å². The molecule has 160 valence electrons. The van der Waals surface area contributed by atoms with Crippen molar-refractivity contribution in [2.45, 2.75) is 76.7 Å². The number of carbonyl (C=O) groups is 2. The second-order valence-electron chi connectivity index (χ2n) is 10.7. The highest BCUT2D eigenvalue weighted by Gasteiger charge is 2.68. The fourth-order valence-electron chi connectivity index (χ4n) is 8.70. The third-order valence-electron chi connectivity index (χ3n) is 10.0. The van der Waals surface area contributed by atoms with Crippen molar-refractivity contribution in [1.82, 2.24) is 0 Å². The maximum absolute atomic E-state index is 12.2. The molecule has 0 spiro atoms. The standard InChI is InChI=1S/C24H34O5/c1-22-10-7-19-20(6-5-17-4-2-3-9-23(17,19)14-28-15-25)24(22,27)11-8-18(22)16-12-21(26)29-13-16/h12,15,17-20,27H,2-11,13-14H2,1H3/t17-,18+,19-,20+,22+,23+,24-/m0/s1. The van der Waals surface area contributed by atoms with E-state index in [1.54, 1.807) is 6.08 Å². The van der Waals surface area contributed by atoms with Crippen molar-refractivity contribution in [3.63, 3.8) is 0 Å². The van der Waals surface area contributed by atoms with Crippen LogP contribution in [0.25, 0.3) is 0 Å². The predicted octanol–water partition coefficient (Wildman–Crippen LogP) is 3.79. The van der Waals surface area contributed by atoms with Gasteiger partial charge in [-0.2, -0.15) is 0 Å². The lowest BCUT2D eigenvalue weighted by atomic mass is 9.43. The molecule has 4 fully saturated rings. The molecule has 0 bridgehead atoms. The number of hydrogen-bond donors (Lipinski definition) is 1. The molecule has 0 saturated heterocycles. The van der Waals surface area contributed by atoms with Gasteiger partial charge >= 0.3 is 5.97 Å². The van der Waals surface area contributed by atoms with E-state index < -0.39 is 5.60 Å². The largest absolute Gasteiger partial charge is 0.467 e. The quantitative estimate of drug-likeness (QED) is 0.572. The van der Waals surface area contributed by atoms with Gasteiger partial charge in [-0.05, 0) is 80.6 Å². The van der Waals surface area contributed by atoms with Crippen LogP contribution in [0.4, 0.5) is 0 Å². The summed E-state index contributed by atoms with van der Waals surface area (Å²) >= 11 is 0. The van der Waals surface area contributed by atoms with Crippen LogP contribution in [0.3, 0.4) is 0 Å². The van der Waals surface area contributed by atoms with Gasteiger partial charge in [0, 0.05) is 16.9 Å². The van der Waals surface area contributed by atoms with Crippen molar-refractivity contribution in [2.75, 3.05) is 13.2 Å². The number of ether oxygens (including phenoxy) is 2. The van der Waals surface area contributed by atoms with E-state index in [9.17, 15) is 14.7 Å². The van der Waals surface area contributed by atoms with E-state index in [1.807, 2.05) is 0 Å². The molecule has 1 N–H and O–H groups in total. The Labute approximate surface area is 173 Å². The average Bonchev–Trinajstić information content (AvgIpc) is 3.26. The molecule has 4 aliphatic carbocycles. The molecule has 0 radical (unpaired) electrons. The van der Waals surface area contributed by atoms with Gasteiger partial charge in [-0.25, -0.2) is 4.79 Å². The van der Waals surface area contributed by atoms with Crippen molar-refractivity contribution in [1.29, 1.82) is 0 Å². The fraction of sp³-hybridized carbons (Fsp3) is 0.833. The number of rotatable bonds is 4. The van der Waals surface area contributed by atoms with Gasteiger partial charge in [0.2, 0.25) is 0 Å². The summed E-state index contributed by atoms with van der Waals surface area (Å²) < 4.78 is 10.7. The minimum absolute atomic E-state index is 0.0446. The Kier molecular flexibility index (Phi) is 4.61. The first kappa shape index (κ1) is 19.6. The lowest BCUT2D eigenvalue weighted by molar-refractivity contribution is -0.216. The van der Waals surface area contributed by atoms with Crippen molar-refractivity contribution in [3.05, 3.63) is 11.6 Å². The Morgan fingerprint density at radius 1 is 1.14 bits per heavy atom. The molecule has 0 aromatic carbocycles. The molecule has 7 atom stereocenters. The second-order valence-corrected chi connectivity index (χ2v) is 10.7. The molecular weight excluding hydrogens is 368 g/mol. The van der Waals surface area contributed by atoms with Crippen LogP contribution in [0.2, 0.25) is 0 Å². The molecule has 0 amide bonds. The molecule has 5 aliphatic rings. The van der Waals surface area contributed by atoms with E-state index >= 15 is 0 Å². The zero-order valence-corrected chi connectivity index (χ0v) is 17.5. The summed E-state index contributed by atoms with van der Waals surface area (Å²) in [7, 11) is 0. The highest BCUT2D eigenvalue weighted by Crippen LogP contribution is 2.70. The van der Waals surface area contributed by atoms with Gasteiger partial charge < -0.3 is 14.6 Å². The van der Waals surface area contributed by atoms with Gasteiger partial charge in [0.05, 0.1) is 12.2 Å². The molecule has 0 aromatic heterocycles. The number of cyclic esters (lactones) is 1. The summed E-state index contributed by atoms with van der Waals surface area (Å²) in [6.07, 6.45) is 12.5. The Bertz CT molecular complexity index is 731. The van der Waals surface area contributed by atoms with Crippen LogP contribution >= 0.6 is 0 Å². The van der Waals surface area contributed by atoms with Crippen LogP contribution in [0.1, 0.15) is 71.1 Å². The smallest absolute Gasteiger partial charge is 0.331 e. The molecule has 5 nitrogen and oxygen atoms in total. The number of carbonyl (C=O) groups excluding carboxylic acids is 2. The number of hydrogen-bond acceptors (Lipinski definition) is 5. The maximum atomic E-state index is 12.2. The zero-order chi connectivity index (χ0) is 20.3. The molecule has 1 aliphatic heterocycles. The van der Waals surface area contributed by atoms with Gasteiger partial charge in [-0.15, -0.1) is 0 Å². The van der Waals surface area contributed by atoms with Gasteiger partial charge in [-0.1, -0.05) is 19.8 Å². The molecule has 1 heterocycles. The monoisotopic (exact) mass is 402 g/mol. The first-order valence-corrected chi connectivity index (χ1v) is 11.6. The normalized spacial score (nSPS) is 48.8. The molecular formula is C24H34O5. The van der Waals surface area contributed by atoms with Gasteiger partial charge in [0.15, 0.2) is 0 Å². The number of aliphatic hydroxyl groups is 1. The summed E-state index contributed by atoms with van der Waals surface area (Å²) in [4.78, 5) is 22.8. The van der Waals surface area contributed by atoms with Crippen molar-refractivity contribution >= 4 is 12.4 Å². The minimum atomic E-state index is -0.705. The average molecular weight is 403 g/mol. The first-order valence-electron chi connectivity index (χ1n) is 11.6. The first-order chi connectivity index (χ1) is 13.9. The lowest BCUT2D eigenvalue weighted by Gasteiger charge is -2.63. The maximum Gasteiger partial charge on any atom is 0.331 e. The SMILES string of the molecule is C[C@]12CC[C@H]3[C@@H](CC[C@@H]4CCCC[C@@]43COC=O)[C@@]1(O)CC[C@@H]2C1=CC(=O)OC1. The van der Waals surface area contributed by atoms with Gasteiger partial charge in [-0.3, -0.25) is 4.79 Å². The van der Waals surface area contributed by atoms with Crippen LogP contribution in [0, 0.1) is 34.5 Å². The van der Waals surface area contributed by atoms with Crippen molar-refractivity contribution in [3.8, 4) is 0 Å². The lowest BCUT2D eigenvalue weighted by Crippen LogP contribution is -2.63. The summed E-state index contributed by atoms with van der Waals surface area (Å²) in [5.74, 6) is 1.29. The third kappa shape index (κ3) is 2.62. The van der Waals surface area contributed by atoms with E-state index in [-0.39, 0.29) is 28.6 Å². The Morgan fingerprint density at radius 2 is 2.00 bits per heavy atom. The predicted molar refractivity (Wildman–Crippen MR) is 107 cm³/mol. The van der Waals surface area contributed by atoms with Crippen LogP contribution in [0.5, 0.6) is 0 Å². The summed E-state index contributed by atoms with van der Waals surface area (Å²) in [5, 5.41) is 12.2. The molecule has 5 heteroatoms. The highest BCUT2D eigenvalue weighted by atomic mass is 16.5. The van der Waals surface area contributed by atoms with E-state index in [4.69, 9.17) is 9.47 Å². The summed E-state index contributed by atoms with van der Waals surface area (Å²) in [6, 6.07) is 0. The Balaban J connectivity index is 1.49. The van der Waals surface area contributed by atoms with Crippen molar-refractivity contribution < 1.29 is 24.2 Å². The van der Waals surface area contributed by atoms with E-state index in [0.29, 0.717) is 31.5 Å². The summed E-state index contributed by atoms with van der Waals surface area (Å²) in [5.41, 5.74) is 0.214. The fourth-order valence-corrected chi connectivity index (χ4v) is 8.70. The second kappa shape index (κ2) is 6.83. The Morgan fingerprint density at radius 3 is 2.76 bits per heavy atom. The molecule has 0 aromatic rings. The van der Waals surface area contributed by atoms with Crippen LogP contribution in [-0.4, -0.2) is 36.4 Å². The molecule has 0 unspecified atom stereocenters. The Hall–Kier alpha value is -1.36. The zero-order valence-electron chi connectivity index (χ0n) is 17.5. The molecule has 5 rings (SSSR count). The van der Waals surface area contributed by atoms with E-state index in [2.05, 4.69) is 6.92 Å². The van der Waals surface area contributed by atoms with E-state index in [0.717, 1.165) is 50.5 Å². The van der Waals surface area contributed by atoms with Gasteiger partial charge in [0.25, 0.3) is 6.47 Å². The van der Waals surface area contributed by atoms with Crippen molar-refractivity contribution in [2.24, 2.45) is 34.5 Å². The van der Waals surface area contributed by atoms with Crippen LogP contribution < -0.4 is 0 Å². The summed E-state index contributed by atoms with van der Waals surface area (Å²) in [6.45, 7) is 3.78. The molecule has 4 saturated carbocycles. The third-order valence-corrected chi connectivity index (χ3v) is 10.0. The minimum Gasteiger partial charge on any atom is -0.467 e. The highest BCUT2D eigenvalue weighted by molar-refractivity contribution is 5.85. The van der Waals surface area contributed by atoms with E-state index in [1.165, 1.54) is 19.3 Å². The number of fused-ring (bicyclic) bond motifs is 5. The topological polar surface area (TPSA) is 72.8 Å². The van der Waals surface area contributed by atoms with Gasteiger partial charge in [0.1, 0.15) is 6.61 Å². The molecule has 29 heavy (non-hydrogen) atoms.